The van der Waals surface area contributed by atoms with Gasteiger partial charge in [0.2, 0.25) is 0 Å². The molecule has 0 amide bonds. The van der Waals surface area contributed by atoms with E-state index >= 15 is 0 Å². The minimum atomic E-state index is -0.767. The van der Waals surface area contributed by atoms with E-state index in [0.29, 0.717) is 6.54 Å². The van der Waals surface area contributed by atoms with Gasteiger partial charge in [-0.05, 0) is 25.0 Å². The Balaban J connectivity index is 1.97. The molecule has 2 N–H and O–H groups in total. The molecule has 2 rings (SSSR count). The third kappa shape index (κ3) is 3.42. The van der Waals surface area contributed by atoms with E-state index in [4.69, 9.17) is 0 Å². The predicted octanol–water partition coefficient (Wildman–Crippen LogP) is 3.46. The molecular weight excluding hydrogens is 236 g/mol. The number of halogens is 2. The van der Waals surface area contributed by atoms with E-state index in [1.54, 1.807) is 0 Å². The van der Waals surface area contributed by atoms with E-state index in [1.165, 1.54) is 12.1 Å². The molecule has 0 aliphatic heterocycles. The van der Waals surface area contributed by atoms with Crippen LogP contribution in [-0.4, -0.2) is 17.3 Å². The van der Waals surface area contributed by atoms with Crippen molar-refractivity contribution in [3.05, 3.63) is 29.8 Å². The number of aliphatic hydroxyl groups is 1. The van der Waals surface area contributed by atoms with Crippen molar-refractivity contribution in [1.29, 1.82) is 0 Å². The van der Waals surface area contributed by atoms with Crippen molar-refractivity contribution in [1.82, 2.24) is 0 Å². The second kappa shape index (κ2) is 5.65. The van der Waals surface area contributed by atoms with Crippen molar-refractivity contribution in [3.63, 3.8) is 0 Å². The maximum atomic E-state index is 13.4. The molecule has 4 heteroatoms. The third-order valence-electron chi connectivity index (χ3n) is 3.57. The molecule has 1 aliphatic carbocycles. The lowest BCUT2D eigenvalue weighted by atomic mass is 9.94. The van der Waals surface area contributed by atoms with Crippen molar-refractivity contribution in [2.24, 2.45) is 0 Å². The van der Waals surface area contributed by atoms with Crippen LogP contribution in [0.5, 0.6) is 0 Å². The highest BCUT2D eigenvalue weighted by Crippen LogP contribution is 2.27. The molecule has 1 aromatic rings. The minimum absolute atomic E-state index is 0.245. The highest BCUT2D eigenvalue weighted by Gasteiger charge is 2.27. The standard InChI is InChI=1S/C14H19F2NO/c15-11-5-6-13(12(16)9-11)17-10-14(18)7-3-1-2-4-8-14/h5-6,9,17-18H,1-4,7-8,10H2. The molecule has 0 heterocycles. The molecule has 1 saturated carbocycles. The summed E-state index contributed by atoms with van der Waals surface area (Å²) in [6.07, 6.45) is 5.78. The van der Waals surface area contributed by atoms with Crippen LogP contribution >= 0.6 is 0 Å². The Labute approximate surface area is 106 Å². The summed E-state index contributed by atoms with van der Waals surface area (Å²) in [7, 11) is 0. The van der Waals surface area contributed by atoms with E-state index < -0.39 is 17.2 Å². The average Bonchev–Trinajstić information content (AvgIpc) is 2.54. The first-order chi connectivity index (χ1) is 8.59. The van der Waals surface area contributed by atoms with Crippen LogP contribution in [0.2, 0.25) is 0 Å². The molecule has 0 aromatic heterocycles. The summed E-state index contributed by atoms with van der Waals surface area (Å²) in [6.45, 7) is 0.315. The largest absolute Gasteiger partial charge is 0.388 e. The fraction of sp³-hybridized carbons (Fsp3) is 0.571. The zero-order chi connectivity index (χ0) is 13.0. The first kappa shape index (κ1) is 13.3. The van der Waals surface area contributed by atoms with Crippen molar-refractivity contribution in [3.8, 4) is 0 Å². The van der Waals surface area contributed by atoms with Gasteiger partial charge >= 0.3 is 0 Å². The van der Waals surface area contributed by atoms with Crippen LogP contribution in [0.15, 0.2) is 18.2 Å². The Morgan fingerprint density at radius 2 is 1.78 bits per heavy atom. The van der Waals surface area contributed by atoms with Crippen molar-refractivity contribution >= 4 is 5.69 Å². The van der Waals surface area contributed by atoms with Gasteiger partial charge in [0.15, 0.2) is 0 Å². The van der Waals surface area contributed by atoms with E-state index in [9.17, 15) is 13.9 Å². The molecule has 2 nitrogen and oxygen atoms in total. The van der Waals surface area contributed by atoms with Crippen molar-refractivity contribution in [2.45, 2.75) is 44.1 Å². The fourth-order valence-corrected chi connectivity index (χ4v) is 2.46. The van der Waals surface area contributed by atoms with Crippen LogP contribution in [0, 0.1) is 11.6 Å². The van der Waals surface area contributed by atoms with Gasteiger partial charge in [0, 0.05) is 12.6 Å². The third-order valence-corrected chi connectivity index (χ3v) is 3.57. The van der Waals surface area contributed by atoms with Gasteiger partial charge in [-0.2, -0.15) is 0 Å². The molecule has 18 heavy (non-hydrogen) atoms. The SMILES string of the molecule is OC1(CNc2ccc(F)cc2F)CCCCCC1. The molecule has 0 radical (unpaired) electrons. The number of anilines is 1. The number of hydrogen-bond donors (Lipinski definition) is 2. The Bertz CT molecular complexity index is 401. The molecule has 0 saturated heterocycles. The highest BCUT2D eigenvalue weighted by atomic mass is 19.1. The van der Waals surface area contributed by atoms with Gasteiger partial charge in [-0.15, -0.1) is 0 Å². The van der Waals surface area contributed by atoms with Crippen LogP contribution in [0.3, 0.4) is 0 Å². The molecule has 1 aliphatic rings. The second-order valence-corrected chi connectivity index (χ2v) is 5.12. The summed E-state index contributed by atoms with van der Waals surface area (Å²) in [5, 5.41) is 13.3. The van der Waals surface area contributed by atoms with Gasteiger partial charge < -0.3 is 10.4 Å². The summed E-state index contributed by atoms with van der Waals surface area (Å²) < 4.78 is 26.2. The summed E-state index contributed by atoms with van der Waals surface area (Å²) in [6, 6.07) is 3.42. The summed E-state index contributed by atoms with van der Waals surface area (Å²) in [5.41, 5.74) is -0.522. The minimum Gasteiger partial charge on any atom is -0.388 e. The molecule has 0 bridgehead atoms. The molecular formula is C14H19F2NO. The first-order valence-electron chi connectivity index (χ1n) is 6.50. The smallest absolute Gasteiger partial charge is 0.149 e. The highest BCUT2D eigenvalue weighted by molar-refractivity contribution is 5.44. The van der Waals surface area contributed by atoms with Crippen LogP contribution in [0.1, 0.15) is 38.5 Å². The summed E-state index contributed by atoms with van der Waals surface area (Å²) >= 11 is 0. The Hall–Kier alpha value is -1.16. The molecule has 0 atom stereocenters. The van der Waals surface area contributed by atoms with E-state index in [0.717, 1.165) is 44.6 Å². The summed E-state index contributed by atoms with van der Waals surface area (Å²) in [4.78, 5) is 0. The van der Waals surface area contributed by atoms with Gasteiger partial charge in [0.25, 0.3) is 0 Å². The van der Waals surface area contributed by atoms with Crippen LogP contribution in [0.4, 0.5) is 14.5 Å². The fourth-order valence-electron chi connectivity index (χ4n) is 2.46. The maximum Gasteiger partial charge on any atom is 0.149 e. The maximum absolute atomic E-state index is 13.4. The lowest BCUT2D eigenvalue weighted by Crippen LogP contribution is -2.36. The Morgan fingerprint density at radius 1 is 1.11 bits per heavy atom. The Kier molecular flexibility index (Phi) is 4.17. The van der Waals surface area contributed by atoms with Crippen LogP contribution in [-0.2, 0) is 0 Å². The predicted molar refractivity (Wildman–Crippen MR) is 67.5 cm³/mol. The molecule has 0 spiro atoms. The molecule has 0 unspecified atom stereocenters. The normalized spacial score (nSPS) is 19.3. The number of rotatable bonds is 3. The molecule has 100 valence electrons. The average molecular weight is 255 g/mol. The monoisotopic (exact) mass is 255 g/mol. The number of nitrogens with one attached hydrogen (secondary N) is 1. The van der Waals surface area contributed by atoms with Gasteiger partial charge in [-0.1, -0.05) is 25.7 Å². The Morgan fingerprint density at radius 3 is 2.39 bits per heavy atom. The van der Waals surface area contributed by atoms with Crippen molar-refractivity contribution < 1.29 is 13.9 Å². The van der Waals surface area contributed by atoms with E-state index in [-0.39, 0.29) is 5.69 Å². The quantitative estimate of drug-likeness (QED) is 0.811. The number of benzene rings is 1. The van der Waals surface area contributed by atoms with Gasteiger partial charge in [0.05, 0.1) is 11.3 Å². The lowest BCUT2D eigenvalue weighted by Gasteiger charge is -2.27. The molecule has 1 fully saturated rings. The van der Waals surface area contributed by atoms with E-state index in [1.807, 2.05) is 0 Å². The van der Waals surface area contributed by atoms with E-state index in [2.05, 4.69) is 5.32 Å². The van der Waals surface area contributed by atoms with Crippen LogP contribution in [0.25, 0.3) is 0 Å². The lowest BCUT2D eigenvalue weighted by molar-refractivity contribution is 0.0381. The first-order valence-corrected chi connectivity index (χ1v) is 6.50. The van der Waals surface area contributed by atoms with Gasteiger partial charge in [0.1, 0.15) is 11.6 Å². The number of hydrogen-bond acceptors (Lipinski definition) is 2. The topological polar surface area (TPSA) is 32.3 Å². The second-order valence-electron chi connectivity index (χ2n) is 5.12. The van der Waals surface area contributed by atoms with Gasteiger partial charge in [-0.25, -0.2) is 8.78 Å². The zero-order valence-corrected chi connectivity index (χ0v) is 10.4. The van der Waals surface area contributed by atoms with Gasteiger partial charge in [-0.3, -0.25) is 0 Å². The summed E-state index contributed by atoms with van der Waals surface area (Å²) in [5.74, 6) is -1.21. The van der Waals surface area contributed by atoms with Crippen molar-refractivity contribution in [2.75, 3.05) is 11.9 Å². The van der Waals surface area contributed by atoms with Crippen LogP contribution < -0.4 is 5.32 Å². The zero-order valence-electron chi connectivity index (χ0n) is 10.4. The molecule has 1 aromatic carbocycles.